The van der Waals surface area contributed by atoms with E-state index in [2.05, 4.69) is 16.9 Å². The first-order valence-corrected chi connectivity index (χ1v) is 6.17. The van der Waals surface area contributed by atoms with E-state index in [9.17, 15) is 0 Å². The maximum absolute atomic E-state index is 7.45. The van der Waals surface area contributed by atoms with E-state index in [-0.39, 0.29) is 5.84 Å². The van der Waals surface area contributed by atoms with Crippen LogP contribution in [0, 0.1) is 5.41 Å². The second-order valence-corrected chi connectivity index (χ2v) is 4.61. The number of nitrogens with two attached hydrogens (primary N) is 1. The van der Waals surface area contributed by atoms with Crippen LogP contribution in [0.2, 0.25) is 0 Å². The van der Waals surface area contributed by atoms with Crippen molar-refractivity contribution in [3.63, 3.8) is 0 Å². The van der Waals surface area contributed by atoms with E-state index in [0.29, 0.717) is 0 Å². The van der Waals surface area contributed by atoms with E-state index in [1.807, 2.05) is 42.5 Å². The number of hydrogen-bond acceptors (Lipinski definition) is 3. The van der Waals surface area contributed by atoms with Gasteiger partial charge in [0.1, 0.15) is 5.84 Å². The van der Waals surface area contributed by atoms with Crippen LogP contribution in [0.4, 0.5) is 0 Å². The highest BCUT2D eigenvalue weighted by molar-refractivity contribution is 5.95. The predicted molar refractivity (Wildman–Crippen MR) is 76.9 cm³/mol. The molecule has 0 aliphatic heterocycles. The summed E-state index contributed by atoms with van der Waals surface area (Å²) in [4.78, 5) is 6.49. The highest BCUT2D eigenvalue weighted by Crippen LogP contribution is 2.09. The van der Waals surface area contributed by atoms with Crippen molar-refractivity contribution >= 4 is 5.84 Å². The molecule has 0 amide bonds. The first-order chi connectivity index (χ1) is 9.15. The SMILES string of the molecule is CN(Cc1cccc(C(=N)N)c1)Cc1ccccn1. The minimum atomic E-state index is 0.106. The number of nitrogens with one attached hydrogen (secondary N) is 1. The summed E-state index contributed by atoms with van der Waals surface area (Å²) in [6.45, 7) is 1.60. The lowest BCUT2D eigenvalue weighted by Gasteiger charge is -2.16. The molecule has 0 aliphatic carbocycles. The van der Waals surface area contributed by atoms with Crippen molar-refractivity contribution in [3.8, 4) is 0 Å². The molecule has 0 spiro atoms. The third-order valence-electron chi connectivity index (χ3n) is 2.85. The third kappa shape index (κ3) is 3.89. The van der Waals surface area contributed by atoms with Crippen molar-refractivity contribution in [3.05, 3.63) is 65.5 Å². The van der Waals surface area contributed by atoms with Crippen molar-refractivity contribution in [2.24, 2.45) is 5.73 Å². The zero-order valence-corrected chi connectivity index (χ0v) is 11.0. The lowest BCUT2D eigenvalue weighted by Crippen LogP contribution is -2.18. The van der Waals surface area contributed by atoms with Crippen LogP contribution in [-0.2, 0) is 13.1 Å². The molecule has 4 heteroatoms. The zero-order valence-electron chi connectivity index (χ0n) is 11.0. The maximum atomic E-state index is 7.45. The van der Waals surface area contributed by atoms with Crippen LogP contribution in [0.25, 0.3) is 0 Å². The van der Waals surface area contributed by atoms with Gasteiger partial charge < -0.3 is 5.73 Å². The van der Waals surface area contributed by atoms with Gasteiger partial charge in [-0.05, 0) is 30.8 Å². The Morgan fingerprint density at radius 1 is 1.21 bits per heavy atom. The van der Waals surface area contributed by atoms with Crippen LogP contribution in [0.5, 0.6) is 0 Å². The van der Waals surface area contributed by atoms with Gasteiger partial charge in [-0.1, -0.05) is 24.3 Å². The lowest BCUT2D eigenvalue weighted by molar-refractivity contribution is 0.315. The summed E-state index contributed by atoms with van der Waals surface area (Å²) in [5.74, 6) is 0.106. The molecular weight excluding hydrogens is 236 g/mol. The van der Waals surface area contributed by atoms with Gasteiger partial charge in [-0.3, -0.25) is 15.3 Å². The molecule has 0 aliphatic rings. The zero-order chi connectivity index (χ0) is 13.7. The van der Waals surface area contributed by atoms with Crippen LogP contribution >= 0.6 is 0 Å². The minimum Gasteiger partial charge on any atom is -0.384 e. The quantitative estimate of drug-likeness (QED) is 0.633. The third-order valence-corrected chi connectivity index (χ3v) is 2.85. The predicted octanol–water partition coefficient (Wildman–Crippen LogP) is 2.00. The summed E-state index contributed by atoms with van der Waals surface area (Å²) in [5.41, 5.74) is 8.46. The van der Waals surface area contributed by atoms with Gasteiger partial charge in [-0.2, -0.15) is 0 Å². The fourth-order valence-electron chi connectivity index (χ4n) is 1.97. The fraction of sp³-hybridized carbons (Fsp3) is 0.200. The Hall–Kier alpha value is -2.20. The van der Waals surface area contributed by atoms with Crippen molar-refractivity contribution in [1.82, 2.24) is 9.88 Å². The molecule has 0 atom stereocenters. The molecule has 0 bridgehead atoms. The molecule has 2 rings (SSSR count). The Kier molecular flexibility index (Phi) is 4.26. The molecule has 0 saturated heterocycles. The standard InChI is InChI=1S/C15H18N4/c1-19(11-14-7-2-3-8-18-14)10-12-5-4-6-13(9-12)15(16)17/h2-9H,10-11H2,1H3,(H3,16,17). The Labute approximate surface area is 113 Å². The Morgan fingerprint density at radius 3 is 2.74 bits per heavy atom. The Bertz CT molecular complexity index is 551. The minimum absolute atomic E-state index is 0.106. The molecule has 4 nitrogen and oxygen atoms in total. The van der Waals surface area contributed by atoms with Gasteiger partial charge >= 0.3 is 0 Å². The number of nitrogen functional groups attached to an aromatic ring is 1. The summed E-state index contributed by atoms with van der Waals surface area (Å²) in [6.07, 6.45) is 1.81. The van der Waals surface area contributed by atoms with Crippen molar-refractivity contribution < 1.29 is 0 Å². The first-order valence-electron chi connectivity index (χ1n) is 6.17. The first kappa shape index (κ1) is 13.2. The van der Waals surface area contributed by atoms with E-state index in [0.717, 1.165) is 29.9 Å². The number of aromatic nitrogens is 1. The molecule has 98 valence electrons. The molecule has 0 radical (unpaired) electrons. The van der Waals surface area contributed by atoms with Crippen molar-refractivity contribution in [2.45, 2.75) is 13.1 Å². The van der Waals surface area contributed by atoms with E-state index >= 15 is 0 Å². The van der Waals surface area contributed by atoms with Gasteiger partial charge in [-0.25, -0.2) is 0 Å². The maximum Gasteiger partial charge on any atom is 0.122 e. The average molecular weight is 254 g/mol. The summed E-state index contributed by atoms with van der Waals surface area (Å²) in [6, 6.07) is 13.7. The van der Waals surface area contributed by atoms with E-state index in [1.54, 1.807) is 6.20 Å². The molecule has 0 unspecified atom stereocenters. The molecule has 1 aromatic carbocycles. The van der Waals surface area contributed by atoms with E-state index in [1.165, 1.54) is 0 Å². The average Bonchev–Trinajstić information content (AvgIpc) is 2.40. The number of hydrogen-bond donors (Lipinski definition) is 2. The van der Waals surface area contributed by atoms with Gasteiger partial charge in [-0.15, -0.1) is 0 Å². The molecule has 1 aromatic heterocycles. The molecule has 1 heterocycles. The molecular formula is C15H18N4. The topological polar surface area (TPSA) is 66.0 Å². The fourth-order valence-corrected chi connectivity index (χ4v) is 1.97. The van der Waals surface area contributed by atoms with Gasteiger partial charge in [0.25, 0.3) is 0 Å². The normalized spacial score (nSPS) is 10.6. The number of benzene rings is 1. The Morgan fingerprint density at radius 2 is 2.05 bits per heavy atom. The van der Waals surface area contributed by atoms with Crippen molar-refractivity contribution in [2.75, 3.05) is 7.05 Å². The van der Waals surface area contributed by atoms with Crippen LogP contribution in [0.15, 0.2) is 48.7 Å². The summed E-state index contributed by atoms with van der Waals surface area (Å²) in [5, 5.41) is 7.45. The second kappa shape index (κ2) is 6.11. The number of amidine groups is 1. The molecule has 0 saturated carbocycles. The largest absolute Gasteiger partial charge is 0.384 e. The molecule has 2 aromatic rings. The highest BCUT2D eigenvalue weighted by Gasteiger charge is 2.04. The van der Waals surface area contributed by atoms with Gasteiger partial charge in [0.2, 0.25) is 0 Å². The number of nitrogens with zero attached hydrogens (tertiary/aromatic N) is 2. The lowest BCUT2D eigenvalue weighted by atomic mass is 10.1. The summed E-state index contributed by atoms with van der Waals surface area (Å²) < 4.78 is 0. The highest BCUT2D eigenvalue weighted by atomic mass is 15.1. The van der Waals surface area contributed by atoms with Gasteiger partial charge in [0, 0.05) is 24.8 Å². The van der Waals surface area contributed by atoms with Gasteiger partial charge in [0.05, 0.1) is 5.69 Å². The van der Waals surface area contributed by atoms with E-state index in [4.69, 9.17) is 11.1 Å². The molecule has 0 fully saturated rings. The number of pyridine rings is 1. The van der Waals surface area contributed by atoms with Crippen molar-refractivity contribution in [1.29, 1.82) is 5.41 Å². The van der Waals surface area contributed by atoms with Gasteiger partial charge in [0.15, 0.2) is 0 Å². The van der Waals surface area contributed by atoms with E-state index < -0.39 is 0 Å². The molecule has 19 heavy (non-hydrogen) atoms. The summed E-state index contributed by atoms with van der Waals surface area (Å²) in [7, 11) is 2.05. The monoisotopic (exact) mass is 254 g/mol. The number of rotatable bonds is 5. The smallest absolute Gasteiger partial charge is 0.122 e. The van der Waals surface area contributed by atoms with Crippen LogP contribution in [0.1, 0.15) is 16.8 Å². The van der Waals surface area contributed by atoms with Crippen LogP contribution < -0.4 is 5.73 Å². The second-order valence-electron chi connectivity index (χ2n) is 4.61. The van der Waals surface area contributed by atoms with Crippen LogP contribution in [0.3, 0.4) is 0 Å². The Balaban J connectivity index is 2.01. The van der Waals surface area contributed by atoms with Crippen LogP contribution in [-0.4, -0.2) is 22.8 Å². The molecule has 3 N–H and O–H groups in total. The summed E-state index contributed by atoms with van der Waals surface area (Å²) >= 11 is 0.